The highest BCUT2D eigenvalue weighted by Crippen LogP contribution is 2.25. The molecule has 8 nitrogen and oxygen atoms in total. The zero-order valence-corrected chi connectivity index (χ0v) is 12.7. The summed E-state index contributed by atoms with van der Waals surface area (Å²) in [4.78, 5) is 16.9. The fourth-order valence-electron chi connectivity index (χ4n) is 2.14. The van der Waals surface area contributed by atoms with E-state index in [2.05, 4.69) is 35.7 Å². The molecule has 2 aromatic rings. The van der Waals surface area contributed by atoms with Crippen molar-refractivity contribution in [1.29, 1.82) is 0 Å². The highest BCUT2D eigenvalue weighted by molar-refractivity contribution is 7.99. The second-order valence-electron chi connectivity index (χ2n) is 4.74. The number of anilines is 2. The van der Waals surface area contributed by atoms with Crippen LogP contribution in [0.3, 0.4) is 0 Å². The lowest BCUT2D eigenvalue weighted by molar-refractivity contribution is 0.675. The van der Waals surface area contributed by atoms with Gasteiger partial charge in [-0.15, -0.1) is 0 Å². The molecule has 0 bridgehead atoms. The van der Waals surface area contributed by atoms with Crippen molar-refractivity contribution in [2.75, 3.05) is 30.0 Å². The van der Waals surface area contributed by atoms with Crippen LogP contribution in [0.5, 0.6) is 0 Å². The Hall–Kier alpha value is -1.90. The second kappa shape index (κ2) is 6.70. The quantitative estimate of drug-likeness (QED) is 0.851. The number of nitrogens with zero attached hydrogens (tertiary/aromatic N) is 6. The molecule has 3 heterocycles. The molecule has 9 heteroatoms. The highest BCUT2D eigenvalue weighted by atomic mass is 32.2. The summed E-state index contributed by atoms with van der Waals surface area (Å²) in [5, 5.41) is 10.9. The molecule has 1 atom stereocenters. The summed E-state index contributed by atoms with van der Waals surface area (Å²) in [6.45, 7) is 0.870. The molecule has 0 saturated carbocycles. The maximum absolute atomic E-state index is 4.39. The smallest absolute Gasteiger partial charge is 0.258 e. The first-order valence-electron chi connectivity index (χ1n) is 6.99. The monoisotopic (exact) mass is 306 g/mol. The molecule has 2 N–H and O–H groups in total. The van der Waals surface area contributed by atoms with Crippen LogP contribution in [-0.4, -0.2) is 54.3 Å². The average molecular weight is 306 g/mol. The van der Waals surface area contributed by atoms with Crippen LogP contribution in [-0.2, 0) is 0 Å². The Bertz CT molecular complexity index is 567. The molecule has 1 aliphatic heterocycles. The fourth-order valence-corrected chi connectivity index (χ4v) is 3.38. The largest absolute Gasteiger partial charge is 0.357 e. The van der Waals surface area contributed by atoms with Gasteiger partial charge < -0.3 is 10.6 Å². The van der Waals surface area contributed by atoms with Crippen LogP contribution in [0.25, 0.3) is 5.95 Å². The maximum atomic E-state index is 4.39. The van der Waals surface area contributed by atoms with Gasteiger partial charge in [0.25, 0.3) is 5.95 Å². The van der Waals surface area contributed by atoms with Gasteiger partial charge in [0, 0.05) is 18.8 Å². The predicted molar refractivity (Wildman–Crippen MR) is 82.9 cm³/mol. The number of nitrogens with one attached hydrogen (secondary N) is 2. The van der Waals surface area contributed by atoms with E-state index in [0.29, 0.717) is 23.1 Å². The first-order chi connectivity index (χ1) is 10.3. The van der Waals surface area contributed by atoms with Crippen molar-refractivity contribution in [3.8, 4) is 5.95 Å². The van der Waals surface area contributed by atoms with Gasteiger partial charge in [0.15, 0.2) is 0 Å². The van der Waals surface area contributed by atoms with Gasteiger partial charge in [0.1, 0.15) is 12.7 Å². The number of hydrogen-bond donors (Lipinski definition) is 2. The van der Waals surface area contributed by atoms with Crippen molar-refractivity contribution < 1.29 is 0 Å². The Morgan fingerprint density at radius 3 is 2.90 bits per heavy atom. The standard InChI is InChI=1S/C12H18N8S/c1-13-10-17-11(15-6-9-4-2-3-5-21-9)19-12(18-10)20-8-14-7-16-20/h7-9H,2-6H2,1H3,(H2,13,15,17,18,19). The van der Waals surface area contributed by atoms with Gasteiger partial charge in [-0.25, -0.2) is 4.98 Å². The fraction of sp³-hybridized carbons (Fsp3) is 0.583. The molecule has 21 heavy (non-hydrogen) atoms. The van der Waals surface area contributed by atoms with E-state index in [1.165, 1.54) is 36.0 Å². The first-order valence-corrected chi connectivity index (χ1v) is 8.04. The summed E-state index contributed by atoms with van der Waals surface area (Å²) in [6.07, 6.45) is 6.90. The van der Waals surface area contributed by atoms with Gasteiger partial charge in [-0.3, -0.25) is 0 Å². The van der Waals surface area contributed by atoms with Gasteiger partial charge in [-0.05, 0) is 18.6 Å². The minimum Gasteiger partial charge on any atom is -0.357 e. The van der Waals surface area contributed by atoms with E-state index in [-0.39, 0.29) is 0 Å². The van der Waals surface area contributed by atoms with Crippen molar-refractivity contribution >= 4 is 23.7 Å². The van der Waals surface area contributed by atoms with Gasteiger partial charge in [0.2, 0.25) is 11.9 Å². The lowest BCUT2D eigenvalue weighted by Gasteiger charge is -2.21. The molecule has 2 aromatic heterocycles. The Kier molecular flexibility index (Phi) is 4.49. The molecule has 112 valence electrons. The van der Waals surface area contributed by atoms with Crippen LogP contribution in [0, 0.1) is 0 Å². The van der Waals surface area contributed by atoms with Crippen LogP contribution in [0.2, 0.25) is 0 Å². The van der Waals surface area contributed by atoms with Crippen LogP contribution < -0.4 is 10.6 Å². The minimum absolute atomic E-state index is 0.450. The van der Waals surface area contributed by atoms with E-state index in [1.54, 1.807) is 13.4 Å². The Morgan fingerprint density at radius 2 is 2.19 bits per heavy atom. The Labute approximate surface area is 127 Å². The molecule has 0 spiro atoms. The molecule has 0 radical (unpaired) electrons. The van der Waals surface area contributed by atoms with Crippen molar-refractivity contribution in [2.45, 2.75) is 24.5 Å². The molecular weight excluding hydrogens is 288 g/mol. The number of rotatable bonds is 5. The van der Waals surface area contributed by atoms with Crippen molar-refractivity contribution in [1.82, 2.24) is 29.7 Å². The van der Waals surface area contributed by atoms with E-state index < -0.39 is 0 Å². The molecule has 0 aromatic carbocycles. The van der Waals surface area contributed by atoms with Crippen LogP contribution in [0.15, 0.2) is 12.7 Å². The third kappa shape index (κ3) is 3.60. The summed E-state index contributed by atoms with van der Waals surface area (Å²) in [5.74, 6) is 2.76. The number of aromatic nitrogens is 6. The van der Waals surface area contributed by atoms with Gasteiger partial charge >= 0.3 is 0 Å². The van der Waals surface area contributed by atoms with Gasteiger partial charge in [0.05, 0.1) is 0 Å². The summed E-state index contributed by atoms with van der Waals surface area (Å²) in [7, 11) is 1.78. The van der Waals surface area contributed by atoms with E-state index in [9.17, 15) is 0 Å². The van der Waals surface area contributed by atoms with Crippen LogP contribution in [0.1, 0.15) is 19.3 Å². The van der Waals surface area contributed by atoms with E-state index in [0.717, 1.165) is 6.54 Å². The molecular formula is C12H18N8S. The van der Waals surface area contributed by atoms with Crippen molar-refractivity contribution in [3.63, 3.8) is 0 Å². The minimum atomic E-state index is 0.450. The molecule has 0 aliphatic carbocycles. The summed E-state index contributed by atoms with van der Waals surface area (Å²) < 4.78 is 1.52. The van der Waals surface area contributed by atoms with Crippen LogP contribution >= 0.6 is 11.8 Å². The second-order valence-corrected chi connectivity index (χ2v) is 6.15. The first kappa shape index (κ1) is 14.1. The normalized spacial score (nSPS) is 18.4. The third-order valence-electron chi connectivity index (χ3n) is 3.23. The Morgan fingerprint density at radius 1 is 1.29 bits per heavy atom. The molecule has 3 rings (SSSR count). The molecule has 1 saturated heterocycles. The number of hydrogen-bond acceptors (Lipinski definition) is 8. The summed E-state index contributed by atoms with van der Waals surface area (Å²) in [5.41, 5.74) is 0. The van der Waals surface area contributed by atoms with Crippen LogP contribution in [0.4, 0.5) is 11.9 Å². The molecule has 1 unspecified atom stereocenters. The maximum Gasteiger partial charge on any atom is 0.258 e. The van der Waals surface area contributed by atoms with E-state index >= 15 is 0 Å². The van der Waals surface area contributed by atoms with Gasteiger partial charge in [-0.2, -0.15) is 36.5 Å². The molecule has 1 aliphatic rings. The van der Waals surface area contributed by atoms with Gasteiger partial charge in [-0.1, -0.05) is 6.42 Å². The third-order valence-corrected chi connectivity index (χ3v) is 4.63. The lowest BCUT2D eigenvalue weighted by Crippen LogP contribution is -2.21. The SMILES string of the molecule is CNc1nc(NCC2CCCCS2)nc(-n2cncn2)n1. The summed E-state index contributed by atoms with van der Waals surface area (Å²) >= 11 is 2.02. The topological polar surface area (TPSA) is 93.4 Å². The van der Waals surface area contributed by atoms with E-state index in [4.69, 9.17) is 0 Å². The zero-order chi connectivity index (χ0) is 14.5. The summed E-state index contributed by atoms with van der Waals surface area (Å²) in [6, 6.07) is 0. The van der Waals surface area contributed by atoms with E-state index in [1.807, 2.05) is 11.8 Å². The van der Waals surface area contributed by atoms with Crippen molar-refractivity contribution in [3.05, 3.63) is 12.7 Å². The molecule has 1 fully saturated rings. The average Bonchev–Trinajstić information content (AvgIpc) is 3.08. The number of thioether (sulfide) groups is 1. The molecule has 0 amide bonds. The van der Waals surface area contributed by atoms with Crippen molar-refractivity contribution in [2.24, 2.45) is 0 Å². The zero-order valence-electron chi connectivity index (χ0n) is 11.9. The Balaban J connectivity index is 1.73. The highest BCUT2D eigenvalue weighted by Gasteiger charge is 2.15. The lowest BCUT2D eigenvalue weighted by atomic mass is 10.2. The predicted octanol–water partition coefficient (Wildman–Crippen LogP) is 1.19.